The minimum Gasteiger partial charge on any atom is -0.467 e. The van der Waals surface area contributed by atoms with Crippen LogP contribution in [-0.2, 0) is 4.74 Å². The van der Waals surface area contributed by atoms with Crippen LogP contribution in [0, 0.1) is 0 Å². The van der Waals surface area contributed by atoms with Gasteiger partial charge in [0.1, 0.15) is 17.6 Å². The maximum atomic E-state index is 12.6. The Morgan fingerprint density at radius 2 is 2.09 bits per heavy atom. The summed E-state index contributed by atoms with van der Waals surface area (Å²) in [5.41, 5.74) is 0.105. The summed E-state index contributed by atoms with van der Waals surface area (Å²) in [7, 11) is 0. The molecule has 1 amide bonds. The third-order valence-electron chi connectivity index (χ3n) is 3.55. The van der Waals surface area contributed by atoms with Crippen molar-refractivity contribution in [2.75, 3.05) is 19.7 Å². The Hall–Kier alpha value is -2.41. The van der Waals surface area contributed by atoms with Gasteiger partial charge in [0.15, 0.2) is 0 Å². The number of morpholine rings is 1. The lowest BCUT2D eigenvalue weighted by atomic mass is 10.1. The zero-order chi connectivity index (χ0) is 16.2. The van der Waals surface area contributed by atoms with E-state index in [2.05, 4.69) is 4.74 Å². The van der Waals surface area contributed by atoms with E-state index in [1.54, 1.807) is 29.2 Å². The van der Waals surface area contributed by atoms with E-state index >= 15 is 0 Å². The third kappa shape index (κ3) is 3.50. The third-order valence-corrected chi connectivity index (χ3v) is 3.55. The summed E-state index contributed by atoms with van der Waals surface area (Å²) in [6.07, 6.45) is 1.16. The lowest BCUT2D eigenvalue weighted by molar-refractivity contribution is -0.0510. The standard InChI is InChI=1S/C16H15F2NO4/c17-16(18)23-12-5-2-1-4-11(12)15(20)19-7-9-22-14(10-19)13-6-3-8-21-13/h1-6,8,14,16H,7,9-10H2. The summed E-state index contributed by atoms with van der Waals surface area (Å²) in [6.45, 7) is -1.98. The van der Waals surface area contributed by atoms with Crippen molar-refractivity contribution in [1.29, 1.82) is 0 Å². The summed E-state index contributed by atoms with van der Waals surface area (Å²) in [5, 5.41) is 0. The van der Waals surface area contributed by atoms with E-state index in [4.69, 9.17) is 9.15 Å². The number of ether oxygens (including phenoxy) is 2. The van der Waals surface area contributed by atoms with Crippen LogP contribution < -0.4 is 4.74 Å². The topological polar surface area (TPSA) is 51.9 Å². The van der Waals surface area contributed by atoms with Crippen molar-refractivity contribution in [2.24, 2.45) is 0 Å². The van der Waals surface area contributed by atoms with E-state index in [1.165, 1.54) is 18.4 Å². The van der Waals surface area contributed by atoms with E-state index < -0.39 is 6.61 Å². The Labute approximate surface area is 131 Å². The number of alkyl halides is 2. The van der Waals surface area contributed by atoms with Gasteiger partial charge in [-0.25, -0.2) is 0 Å². The fourth-order valence-corrected chi connectivity index (χ4v) is 2.49. The number of furan rings is 1. The number of carbonyl (C=O) groups excluding carboxylic acids is 1. The van der Waals surface area contributed by atoms with Gasteiger partial charge in [-0.15, -0.1) is 0 Å². The molecule has 1 aromatic carbocycles. The molecule has 0 N–H and O–H groups in total. The Bertz CT molecular complexity index is 660. The number of para-hydroxylation sites is 1. The summed E-state index contributed by atoms with van der Waals surface area (Å²) >= 11 is 0. The van der Waals surface area contributed by atoms with Gasteiger partial charge in [-0.2, -0.15) is 8.78 Å². The van der Waals surface area contributed by atoms with Crippen molar-refractivity contribution in [3.63, 3.8) is 0 Å². The molecular weight excluding hydrogens is 308 g/mol. The molecule has 7 heteroatoms. The Morgan fingerprint density at radius 1 is 1.26 bits per heavy atom. The maximum absolute atomic E-state index is 12.6. The molecule has 2 heterocycles. The lowest BCUT2D eigenvalue weighted by Crippen LogP contribution is -2.42. The van der Waals surface area contributed by atoms with E-state index in [9.17, 15) is 13.6 Å². The van der Waals surface area contributed by atoms with Gasteiger partial charge in [-0.05, 0) is 24.3 Å². The first-order chi connectivity index (χ1) is 11.1. The molecule has 2 aromatic rings. The van der Waals surface area contributed by atoms with Crippen LogP contribution in [0.2, 0.25) is 0 Å². The highest BCUT2D eigenvalue weighted by Crippen LogP contribution is 2.26. The minimum atomic E-state index is -2.98. The summed E-state index contributed by atoms with van der Waals surface area (Å²) in [4.78, 5) is 14.2. The van der Waals surface area contributed by atoms with Crippen molar-refractivity contribution >= 4 is 5.91 Å². The first-order valence-corrected chi connectivity index (χ1v) is 7.13. The molecule has 0 bridgehead atoms. The van der Waals surface area contributed by atoms with Gasteiger partial charge in [0.25, 0.3) is 5.91 Å². The number of amides is 1. The van der Waals surface area contributed by atoms with Crippen LogP contribution in [-0.4, -0.2) is 37.1 Å². The Balaban J connectivity index is 1.77. The average Bonchev–Trinajstić information content (AvgIpc) is 3.09. The van der Waals surface area contributed by atoms with E-state index in [0.29, 0.717) is 18.9 Å². The zero-order valence-corrected chi connectivity index (χ0v) is 12.2. The molecule has 1 aliphatic heterocycles. The van der Waals surface area contributed by atoms with Crippen LogP contribution in [0.15, 0.2) is 47.1 Å². The molecule has 5 nitrogen and oxygen atoms in total. The largest absolute Gasteiger partial charge is 0.467 e. The van der Waals surface area contributed by atoms with Gasteiger partial charge < -0.3 is 18.8 Å². The molecule has 1 aliphatic rings. The molecule has 0 radical (unpaired) electrons. The zero-order valence-electron chi connectivity index (χ0n) is 12.2. The second kappa shape index (κ2) is 6.78. The van der Waals surface area contributed by atoms with Crippen molar-refractivity contribution in [3.05, 3.63) is 54.0 Å². The second-order valence-electron chi connectivity index (χ2n) is 5.00. The molecular formula is C16H15F2NO4. The van der Waals surface area contributed by atoms with Crippen molar-refractivity contribution in [3.8, 4) is 5.75 Å². The van der Waals surface area contributed by atoms with Crippen molar-refractivity contribution < 1.29 is 27.5 Å². The van der Waals surface area contributed by atoms with Crippen molar-refractivity contribution in [1.82, 2.24) is 4.90 Å². The Kier molecular flexibility index (Phi) is 4.57. The highest BCUT2D eigenvalue weighted by Gasteiger charge is 2.29. The number of rotatable bonds is 4. The first-order valence-electron chi connectivity index (χ1n) is 7.13. The van der Waals surface area contributed by atoms with Crippen LogP contribution in [0.1, 0.15) is 22.2 Å². The average molecular weight is 323 g/mol. The van der Waals surface area contributed by atoms with Gasteiger partial charge in [-0.3, -0.25) is 4.79 Å². The van der Waals surface area contributed by atoms with Gasteiger partial charge in [0.05, 0.1) is 25.0 Å². The van der Waals surface area contributed by atoms with Crippen molar-refractivity contribution in [2.45, 2.75) is 12.7 Å². The fraction of sp³-hybridized carbons (Fsp3) is 0.312. The van der Waals surface area contributed by atoms with Crippen LogP contribution in [0.5, 0.6) is 5.75 Å². The van der Waals surface area contributed by atoms with Gasteiger partial charge in [0.2, 0.25) is 0 Å². The van der Waals surface area contributed by atoms with Gasteiger partial charge >= 0.3 is 6.61 Å². The van der Waals surface area contributed by atoms with E-state index in [1.807, 2.05) is 0 Å². The number of benzene rings is 1. The van der Waals surface area contributed by atoms with E-state index in [0.717, 1.165) is 0 Å². The fourth-order valence-electron chi connectivity index (χ4n) is 2.49. The second-order valence-corrected chi connectivity index (χ2v) is 5.00. The van der Waals surface area contributed by atoms with Crippen LogP contribution in [0.3, 0.4) is 0 Å². The summed E-state index contributed by atoms with van der Waals surface area (Å²) < 4.78 is 40.3. The lowest BCUT2D eigenvalue weighted by Gasteiger charge is -2.32. The smallest absolute Gasteiger partial charge is 0.387 e. The summed E-state index contributed by atoms with van der Waals surface area (Å²) in [5.74, 6) is 0.120. The van der Waals surface area contributed by atoms with Crippen LogP contribution in [0.4, 0.5) is 8.78 Å². The number of halogens is 2. The van der Waals surface area contributed by atoms with Crippen LogP contribution >= 0.6 is 0 Å². The predicted octanol–water partition coefficient (Wildman–Crippen LogP) is 3.09. The number of hydrogen-bond acceptors (Lipinski definition) is 4. The molecule has 0 spiro atoms. The molecule has 1 unspecified atom stereocenters. The first kappa shape index (κ1) is 15.5. The monoisotopic (exact) mass is 323 g/mol. The SMILES string of the molecule is O=C(c1ccccc1OC(F)F)N1CCOC(c2ccco2)C1. The molecule has 1 fully saturated rings. The highest BCUT2D eigenvalue weighted by molar-refractivity contribution is 5.97. The number of hydrogen-bond donors (Lipinski definition) is 0. The number of carbonyl (C=O) groups is 1. The predicted molar refractivity (Wildman–Crippen MR) is 76.4 cm³/mol. The molecule has 0 aliphatic carbocycles. The summed E-state index contributed by atoms with van der Waals surface area (Å²) in [6, 6.07) is 9.48. The molecule has 1 aromatic heterocycles. The molecule has 23 heavy (non-hydrogen) atoms. The highest BCUT2D eigenvalue weighted by atomic mass is 19.3. The molecule has 3 rings (SSSR count). The van der Waals surface area contributed by atoms with E-state index in [-0.39, 0.29) is 29.9 Å². The molecule has 1 saturated heterocycles. The van der Waals surface area contributed by atoms with Crippen LogP contribution in [0.25, 0.3) is 0 Å². The molecule has 122 valence electrons. The number of nitrogens with zero attached hydrogens (tertiary/aromatic N) is 1. The maximum Gasteiger partial charge on any atom is 0.387 e. The molecule has 0 saturated carbocycles. The van der Waals surface area contributed by atoms with Gasteiger partial charge in [0, 0.05) is 6.54 Å². The Morgan fingerprint density at radius 3 is 2.83 bits per heavy atom. The molecule has 1 atom stereocenters. The normalized spacial score (nSPS) is 18.2. The minimum absolute atomic E-state index is 0.105. The quantitative estimate of drug-likeness (QED) is 0.867. The van der Waals surface area contributed by atoms with Gasteiger partial charge in [-0.1, -0.05) is 12.1 Å².